The summed E-state index contributed by atoms with van der Waals surface area (Å²) < 4.78 is 0. The van der Waals surface area contributed by atoms with Gasteiger partial charge in [0, 0.05) is 25.2 Å². The lowest BCUT2D eigenvalue weighted by Crippen LogP contribution is -2.39. The highest BCUT2D eigenvalue weighted by Gasteiger charge is 2.31. The summed E-state index contributed by atoms with van der Waals surface area (Å²) in [7, 11) is 0. The van der Waals surface area contributed by atoms with Crippen molar-refractivity contribution < 1.29 is 4.79 Å². The largest absolute Gasteiger partial charge is 0.348 e. The van der Waals surface area contributed by atoms with Crippen molar-refractivity contribution in [2.45, 2.75) is 32.9 Å². The molecule has 0 bridgehead atoms. The number of hydrogen-bond acceptors (Lipinski definition) is 2. The maximum Gasteiger partial charge on any atom is 0.243 e. The van der Waals surface area contributed by atoms with Gasteiger partial charge in [0.05, 0.1) is 0 Å². The van der Waals surface area contributed by atoms with Crippen LogP contribution < -0.4 is 5.32 Å². The predicted octanol–water partition coefficient (Wildman–Crippen LogP) is 1.02. The van der Waals surface area contributed by atoms with Gasteiger partial charge in [0.2, 0.25) is 5.91 Å². The predicted molar refractivity (Wildman–Crippen MR) is 58.0 cm³/mol. The molecule has 1 amide bonds. The molecule has 80 valence electrons. The van der Waals surface area contributed by atoms with E-state index in [1.54, 1.807) is 0 Å². The molecule has 14 heavy (non-hydrogen) atoms. The normalized spacial score (nSPS) is 28.0. The molecule has 0 saturated carbocycles. The Morgan fingerprint density at radius 3 is 2.64 bits per heavy atom. The number of nitrogens with one attached hydrogen (secondary N) is 1. The van der Waals surface area contributed by atoms with Gasteiger partial charge in [-0.15, -0.1) is 0 Å². The van der Waals surface area contributed by atoms with Crippen molar-refractivity contribution in [3.05, 3.63) is 12.7 Å². The van der Waals surface area contributed by atoms with Gasteiger partial charge in [-0.3, -0.25) is 9.69 Å². The molecule has 2 unspecified atom stereocenters. The maximum absolute atomic E-state index is 11.1. The molecule has 0 aromatic rings. The number of carbonyl (C=O) groups excluding carboxylic acids is 1. The van der Waals surface area contributed by atoms with Gasteiger partial charge in [-0.05, 0) is 25.8 Å². The zero-order valence-corrected chi connectivity index (χ0v) is 9.29. The Balaban J connectivity index is 2.48. The molecule has 1 rings (SSSR count). The quantitative estimate of drug-likeness (QED) is 0.683. The van der Waals surface area contributed by atoms with Crippen LogP contribution in [0.2, 0.25) is 0 Å². The summed E-state index contributed by atoms with van der Waals surface area (Å²) in [6, 6.07) is 0.839. The molecule has 1 aliphatic heterocycles. The Bertz CT molecular complexity index is 225. The molecule has 1 N–H and O–H groups in total. The van der Waals surface area contributed by atoms with Gasteiger partial charge in [0.25, 0.3) is 0 Å². The number of hydrogen-bond donors (Lipinski definition) is 1. The van der Waals surface area contributed by atoms with Crippen molar-refractivity contribution in [1.29, 1.82) is 0 Å². The summed E-state index contributed by atoms with van der Waals surface area (Å²) in [5, 5.41) is 2.96. The molecule has 0 radical (unpaired) electrons. The molecule has 0 aliphatic carbocycles. The summed E-state index contributed by atoms with van der Waals surface area (Å²) in [6.07, 6.45) is 1.34. The van der Waals surface area contributed by atoms with Crippen molar-refractivity contribution in [3.63, 3.8) is 0 Å². The Morgan fingerprint density at radius 1 is 1.57 bits per heavy atom. The van der Waals surface area contributed by atoms with Crippen LogP contribution in [0.3, 0.4) is 0 Å². The van der Waals surface area contributed by atoms with Crippen LogP contribution in [0.4, 0.5) is 0 Å². The van der Waals surface area contributed by atoms with Gasteiger partial charge in [-0.25, -0.2) is 0 Å². The first-order valence-corrected chi connectivity index (χ1v) is 5.21. The lowest BCUT2D eigenvalue weighted by molar-refractivity contribution is -0.117. The molecule has 0 aromatic heterocycles. The number of likely N-dealkylation sites (tertiary alicyclic amines) is 1. The van der Waals surface area contributed by atoms with Gasteiger partial charge in [-0.2, -0.15) is 0 Å². The number of amides is 1. The molecular formula is C11H20N2O. The van der Waals surface area contributed by atoms with Gasteiger partial charge < -0.3 is 5.32 Å². The lowest BCUT2D eigenvalue weighted by atomic mass is 10.1. The fraction of sp³-hybridized carbons (Fsp3) is 0.727. The van der Waals surface area contributed by atoms with Crippen molar-refractivity contribution in [2.75, 3.05) is 13.1 Å². The molecule has 3 heteroatoms. The minimum atomic E-state index is -0.0625. The van der Waals surface area contributed by atoms with Crippen LogP contribution in [0, 0.1) is 5.92 Å². The van der Waals surface area contributed by atoms with Gasteiger partial charge >= 0.3 is 0 Å². The molecule has 1 heterocycles. The van der Waals surface area contributed by atoms with E-state index in [2.05, 4.69) is 37.6 Å². The molecule has 1 saturated heterocycles. The number of rotatable bonds is 3. The zero-order chi connectivity index (χ0) is 10.7. The van der Waals surface area contributed by atoms with E-state index in [0.29, 0.717) is 12.0 Å². The second-order valence-corrected chi connectivity index (χ2v) is 4.34. The highest BCUT2D eigenvalue weighted by molar-refractivity contribution is 5.87. The van der Waals surface area contributed by atoms with Crippen LogP contribution >= 0.6 is 0 Å². The standard InChI is InChI=1S/C11H20N2O/c1-5-11(14)12-10-7-13(8(2)3)6-9(10)4/h5,8-10H,1,6-7H2,2-4H3,(H,12,14). The smallest absolute Gasteiger partial charge is 0.243 e. The average Bonchev–Trinajstić information content (AvgIpc) is 2.48. The van der Waals surface area contributed by atoms with Crippen LogP contribution in [0.15, 0.2) is 12.7 Å². The van der Waals surface area contributed by atoms with E-state index in [1.807, 2.05) is 0 Å². The van der Waals surface area contributed by atoms with Crippen molar-refractivity contribution >= 4 is 5.91 Å². The number of carbonyl (C=O) groups is 1. The fourth-order valence-corrected chi connectivity index (χ4v) is 1.86. The summed E-state index contributed by atoms with van der Waals surface area (Å²) in [5.74, 6) is 0.466. The molecule has 1 fully saturated rings. The summed E-state index contributed by atoms with van der Waals surface area (Å²) >= 11 is 0. The Kier molecular flexibility index (Phi) is 3.69. The molecule has 2 atom stereocenters. The Hall–Kier alpha value is -0.830. The highest BCUT2D eigenvalue weighted by Crippen LogP contribution is 2.18. The number of nitrogens with zero attached hydrogens (tertiary/aromatic N) is 1. The fourth-order valence-electron chi connectivity index (χ4n) is 1.86. The van der Waals surface area contributed by atoms with E-state index in [9.17, 15) is 4.79 Å². The summed E-state index contributed by atoms with van der Waals surface area (Å²) in [5.41, 5.74) is 0. The van der Waals surface area contributed by atoms with E-state index >= 15 is 0 Å². The van der Waals surface area contributed by atoms with E-state index in [1.165, 1.54) is 6.08 Å². The average molecular weight is 196 g/mol. The van der Waals surface area contributed by atoms with E-state index < -0.39 is 0 Å². The first-order valence-electron chi connectivity index (χ1n) is 5.21. The Labute approximate surface area is 86.2 Å². The first kappa shape index (κ1) is 11.2. The lowest BCUT2D eigenvalue weighted by Gasteiger charge is -2.20. The van der Waals surface area contributed by atoms with Crippen molar-refractivity contribution in [1.82, 2.24) is 10.2 Å². The molecule has 0 spiro atoms. The van der Waals surface area contributed by atoms with Crippen LogP contribution in [0.1, 0.15) is 20.8 Å². The van der Waals surface area contributed by atoms with E-state index in [4.69, 9.17) is 0 Å². The van der Waals surface area contributed by atoms with E-state index in [0.717, 1.165) is 13.1 Å². The zero-order valence-electron chi connectivity index (χ0n) is 9.29. The first-order chi connectivity index (χ1) is 6.54. The molecule has 1 aliphatic rings. The SMILES string of the molecule is C=CC(=O)NC1CN(C(C)C)CC1C. The monoisotopic (exact) mass is 196 g/mol. The maximum atomic E-state index is 11.1. The third kappa shape index (κ3) is 2.58. The topological polar surface area (TPSA) is 32.3 Å². The third-order valence-corrected chi connectivity index (χ3v) is 2.88. The minimum Gasteiger partial charge on any atom is -0.348 e. The van der Waals surface area contributed by atoms with Crippen LogP contribution in [0.5, 0.6) is 0 Å². The van der Waals surface area contributed by atoms with Crippen LogP contribution in [-0.4, -0.2) is 36.0 Å². The van der Waals surface area contributed by atoms with Gasteiger partial charge in [-0.1, -0.05) is 13.5 Å². The third-order valence-electron chi connectivity index (χ3n) is 2.88. The van der Waals surface area contributed by atoms with Crippen LogP contribution in [-0.2, 0) is 4.79 Å². The highest BCUT2D eigenvalue weighted by atomic mass is 16.1. The minimum absolute atomic E-state index is 0.0625. The van der Waals surface area contributed by atoms with Crippen LogP contribution in [0.25, 0.3) is 0 Å². The second-order valence-electron chi connectivity index (χ2n) is 4.34. The van der Waals surface area contributed by atoms with Crippen molar-refractivity contribution in [3.8, 4) is 0 Å². The molecule has 0 aromatic carbocycles. The summed E-state index contributed by atoms with van der Waals surface area (Å²) in [4.78, 5) is 13.5. The molecular weight excluding hydrogens is 176 g/mol. The van der Waals surface area contributed by atoms with Crippen molar-refractivity contribution in [2.24, 2.45) is 5.92 Å². The van der Waals surface area contributed by atoms with E-state index in [-0.39, 0.29) is 11.9 Å². The van der Waals surface area contributed by atoms with Gasteiger partial charge in [0.15, 0.2) is 0 Å². The second kappa shape index (κ2) is 4.60. The Morgan fingerprint density at radius 2 is 2.21 bits per heavy atom. The van der Waals surface area contributed by atoms with Gasteiger partial charge in [0.1, 0.15) is 0 Å². The summed E-state index contributed by atoms with van der Waals surface area (Å²) in [6.45, 7) is 12.0. The molecule has 3 nitrogen and oxygen atoms in total.